The summed E-state index contributed by atoms with van der Waals surface area (Å²) in [5.74, 6) is -0.679. The van der Waals surface area contributed by atoms with Gasteiger partial charge in [-0.05, 0) is 25.3 Å². The fourth-order valence-corrected chi connectivity index (χ4v) is 2.58. The van der Waals surface area contributed by atoms with E-state index in [4.69, 9.17) is 4.74 Å². The van der Waals surface area contributed by atoms with Crippen LogP contribution in [0.3, 0.4) is 0 Å². The first-order valence-corrected chi connectivity index (χ1v) is 6.25. The lowest BCUT2D eigenvalue weighted by Crippen LogP contribution is -2.47. The van der Waals surface area contributed by atoms with E-state index in [-0.39, 0.29) is 5.41 Å². The minimum absolute atomic E-state index is 0.194. The quantitative estimate of drug-likeness (QED) is 0.818. The molecule has 1 saturated heterocycles. The van der Waals surface area contributed by atoms with Crippen molar-refractivity contribution in [3.8, 4) is 0 Å². The molecule has 4 nitrogen and oxygen atoms in total. The van der Waals surface area contributed by atoms with Gasteiger partial charge in [-0.25, -0.2) is 0 Å². The van der Waals surface area contributed by atoms with E-state index in [9.17, 15) is 9.90 Å². The summed E-state index contributed by atoms with van der Waals surface area (Å²) in [6.45, 7) is 9.15. The summed E-state index contributed by atoms with van der Waals surface area (Å²) >= 11 is 0. The molecule has 1 heterocycles. The predicted octanol–water partition coefficient (Wildman–Crippen LogP) is 1.85. The van der Waals surface area contributed by atoms with Crippen LogP contribution in [0.25, 0.3) is 0 Å². The van der Waals surface area contributed by atoms with Gasteiger partial charge in [0.05, 0.1) is 5.41 Å². The molecule has 4 heteroatoms. The number of ether oxygens (including phenoxy) is 1. The highest BCUT2D eigenvalue weighted by Gasteiger charge is 2.41. The number of nitrogens with zero attached hydrogens (tertiary/aromatic N) is 1. The summed E-state index contributed by atoms with van der Waals surface area (Å²) in [6.07, 6.45) is 1.24. The Morgan fingerprint density at radius 2 is 1.88 bits per heavy atom. The van der Waals surface area contributed by atoms with Crippen LogP contribution in [0.15, 0.2) is 0 Å². The van der Waals surface area contributed by atoms with Crippen LogP contribution in [-0.4, -0.2) is 49.3 Å². The molecule has 0 saturated carbocycles. The van der Waals surface area contributed by atoms with E-state index in [1.54, 1.807) is 0 Å². The van der Waals surface area contributed by atoms with Crippen LogP contribution in [0.1, 0.15) is 33.6 Å². The van der Waals surface area contributed by atoms with E-state index < -0.39 is 11.4 Å². The number of aliphatic carboxylic acids is 1. The van der Waals surface area contributed by atoms with Crippen molar-refractivity contribution in [2.24, 2.45) is 10.8 Å². The van der Waals surface area contributed by atoms with Gasteiger partial charge < -0.3 is 14.7 Å². The van der Waals surface area contributed by atoms with E-state index in [1.807, 2.05) is 7.05 Å². The molecule has 0 aliphatic carbocycles. The molecule has 0 amide bonds. The van der Waals surface area contributed by atoms with Crippen molar-refractivity contribution in [3.05, 3.63) is 0 Å². The molecule has 0 unspecified atom stereocenters. The second kappa shape index (κ2) is 5.36. The van der Waals surface area contributed by atoms with Crippen molar-refractivity contribution in [1.29, 1.82) is 0 Å². The molecule has 1 aliphatic heterocycles. The van der Waals surface area contributed by atoms with Crippen molar-refractivity contribution in [1.82, 2.24) is 4.90 Å². The largest absolute Gasteiger partial charge is 0.481 e. The molecule has 0 aromatic carbocycles. The smallest absolute Gasteiger partial charge is 0.311 e. The van der Waals surface area contributed by atoms with Crippen LogP contribution in [-0.2, 0) is 9.53 Å². The fourth-order valence-electron chi connectivity index (χ4n) is 2.58. The number of carbonyl (C=O) groups is 1. The summed E-state index contributed by atoms with van der Waals surface area (Å²) in [5.41, 5.74) is -0.419. The molecule has 0 spiro atoms. The Bertz CT molecular complexity index is 264. The van der Waals surface area contributed by atoms with Crippen LogP contribution in [0, 0.1) is 10.8 Å². The second-order valence-corrected chi connectivity index (χ2v) is 6.43. The standard InChI is InChI=1S/C13H25NO3/c1-12(2,3)9-14(4)10-13(11(15)16)5-7-17-8-6-13/h5-10H2,1-4H3,(H,15,16). The maximum atomic E-state index is 11.5. The zero-order chi connectivity index (χ0) is 13.1. The van der Waals surface area contributed by atoms with E-state index in [0.717, 1.165) is 6.54 Å². The Labute approximate surface area is 104 Å². The number of carboxylic acid groups (broad SMARTS) is 1. The lowest BCUT2D eigenvalue weighted by atomic mass is 9.79. The van der Waals surface area contributed by atoms with Gasteiger partial charge in [-0.1, -0.05) is 20.8 Å². The molecular formula is C13H25NO3. The first-order valence-electron chi connectivity index (χ1n) is 6.25. The highest BCUT2D eigenvalue weighted by molar-refractivity contribution is 5.75. The Hall–Kier alpha value is -0.610. The third kappa shape index (κ3) is 4.28. The summed E-state index contributed by atoms with van der Waals surface area (Å²) in [4.78, 5) is 13.6. The van der Waals surface area contributed by atoms with E-state index in [0.29, 0.717) is 32.6 Å². The monoisotopic (exact) mass is 243 g/mol. The molecule has 1 aliphatic rings. The maximum absolute atomic E-state index is 11.5. The molecule has 0 aromatic heterocycles. The molecule has 0 radical (unpaired) electrons. The summed E-state index contributed by atoms with van der Waals surface area (Å²) in [7, 11) is 2.01. The van der Waals surface area contributed by atoms with Gasteiger partial charge >= 0.3 is 5.97 Å². The minimum Gasteiger partial charge on any atom is -0.481 e. The molecule has 100 valence electrons. The molecule has 0 bridgehead atoms. The van der Waals surface area contributed by atoms with Crippen molar-refractivity contribution in [2.75, 3.05) is 33.4 Å². The van der Waals surface area contributed by atoms with Gasteiger partial charge in [-0.3, -0.25) is 4.79 Å². The van der Waals surface area contributed by atoms with Crippen LogP contribution in [0.5, 0.6) is 0 Å². The number of carboxylic acids is 1. The van der Waals surface area contributed by atoms with Crippen molar-refractivity contribution in [3.63, 3.8) is 0 Å². The molecular weight excluding hydrogens is 218 g/mol. The summed E-state index contributed by atoms with van der Waals surface area (Å²) in [5, 5.41) is 9.45. The van der Waals surface area contributed by atoms with Gasteiger partial charge in [0.1, 0.15) is 0 Å². The van der Waals surface area contributed by atoms with Crippen molar-refractivity contribution >= 4 is 5.97 Å². The number of hydrogen-bond acceptors (Lipinski definition) is 3. The van der Waals surface area contributed by atoms with Crippen LogP contribution >= 0.6 is 0 Å². The van der Waals surface area contributed by atoms with Gasteiger partial charge in [-0.15, -0.1) is 0 Å². The van der Waals surface area contributed by atoms with Gasteiger partial charge in [0.15, 0.2) is 0 Å². The third-order valence-electron chi connectivity index (χ3n) is 3.22. The van der Waals surface area contributed by atoms with Crippen molar-refractivity contribution < 1.29 is 14.6 Å². The topological polar surface area (TPSA) is 49.8 Å². The first kappa shape index (κ1) is 14.5. The third-order valence-corrected chi connectivity index (χ3v) is 3.22. The lowest BCUT2D eigenvalue weighted by molar-refractivity contribution is -0.156. The zero-order valence-corrected chi connectivity index (χ0v) is 11.5. The fraction of sp³-hybridized carbons (Fsp3) is 0.923. The Kier molecular flexibility index (Phi) is 4.55. The van der Waals surface area contributed by atoms with E-state index >= 15 is 0 Å². The first-order chi connectivity index (χ1) is 7.75. The number of rotatable bonds is 4. The lowest BCUT2D eigenvalue weighted by Gasteiger charge is -2.38. The molecule has 1 N–H and O–H groups in total. The molecule has 17 heavy (non-hydrogen) atoms. The minimum atomic E-state index is -0.679. The maximum Gasteiger partial charge on any atom is 0.311 e. The highest BCUT2D eigenvalue weighted by Crippen LogP contribution is 2.32. The molecule has 0 aromatic rings. The highest BCUT2D eigenvalue weighted by atomic mass is 16.5. The normalized spacial score (nSPS) is 20.5. The average Bonchev–Trinajstić information content (AvgIpc) is 2.15. The van der Waals surface area contributed by atoms with Gasteiger partial charge in [0.2, 0.25) is 0 Å². The van der Waals surface area contributed by atoms with Crippen molar-refractivity contribution in [2.45, 2.75) is 33.6 Å². The van der Waals surface area contributed by atoms with Gasteiger partial charge in [0, 0.05) is 26.3 Å². The summed E-state index contributed by atoms with van der Waals surface area (Å²) in [6, 6.07) is 0. The SMILES string of the molecule is CN(CC(C)(C)C)CC1(C(=O)O)CCOCC1. The Morgan fingerprint density at radius 3 is 2.29 bits per heavy atom. The average molecular weight is 243 g/mol. The summed E-state index contributed by atoms with van der Waals surface area (Å²) < 4.78 is 5.28. The number of hydrogen-bond donors (Lipinski definition) is 1. The van der Waals surface area contributed by atoms with Gasteiger partial charge in [-0.2, -0.15) is 0 Å². The Balaban J connectivity index is 2.64. The molecule has 1 fully saturated rings. The van der Waals surface area contributed by atoms with Crippen LogP contribution < -0.4 is 0 Å². The van der Waals surface area contributed by atoms with Crippen LogP contribution in [0.4, 0.5) is 0 Å². The molecule has 0 atom stereocenters. The van der Waals surface area contributed by atoms with E-state index in [2.05, 4.69) is 25.7 Å². The van der Waals surface area contributed by atoms with E-state index in [1.165, 1.54) is 0 Å². The van der Waals surface area contributed by atoms with Gasteiger partial charge in [0.25, 0.3) is 0 Å². The zero-order valence-electron chi connectivity index (χ0n) is 11.5. The molecule has 1 rings (SSSR count). The van der Waals surface area contributed by atoms with Crippen LogP contribution in [0.2, 0.25) is 0 Å². The Morgan fingerprint density at radius 1 is 1.35 bits per heavy atom. The predicted molar refractivity (Wildman–Crippen MR) is 67.1 cm³/mol. The second-order valence-electron chi connectivity index (χ2n) is 6.43.